The number of aromatic nitrogens is 1. The molecular weight excluding hydrogens is 667 g/mol. The van der Waals surface area contributed by atoms with Crippen molar-refractivity contribution in [1.82, 2.24) is 4.57 Å². The van der Waals surface area contributed by atoms with Crippen LogP contribution < -0.4 is 5.56 Å². The maximum absolute atomic E-state index is 14.7. The third-order valence-corrected chi connectivity index (χ3v) is 11.3. The molecule has 7 aromatic carbocycles. The molecule has 0 amide bonds. The van der Waals surface area contributed by atoms with E-state index in [1.54, 1.807) is 0 Å². The third kappa shape index (κ3) is 4.24. The summed E-state index contributed by atoms with van der Waals surface area (Å²) in [5.41, 5.74) is 11.2. The maximum atomic E-state index is 14.7. The molecule has 254 valence electrons. The predicted octanol–water partition coefficient (Wildman–Crippen LogP) is 13.0. The number of allylic oxidation sites excluding steroid dienone is 1. The molecule has 11 aromatic rings. The Morgan fingerprint density at radius 1 is 0.444 bits per heavy atom. The second-order valence-corrected chi connectivity index (χ2v) is 14.3. The van der Waals surface area contributed by atoms with Crippen molar-refractivity contribution in [2.45, 2.75) is 12.8 Å². The Balaban J connectivity index is 1.11. The highest BCUT2D eigenvalue weighted by Crippen LogP contribution is 2.39. The molecular formula is C49H29NO4. The predicted molar refractivity (Wildman–Crippen MR) is 220 cm³/mol. The Bertz CT molecular complexity index is 3480. The van der Waals surface area contributed by atoms with Crippen LogP contribution in [0.5, 0.6) is 0 Å². The van der Waals surface area contributed by atoms with Gasteiger partial charge in [-0.2, -0.15) is 0 Å². The van der Waals surface area contributed by atoms with Crippen molar-refractivity contribution in [1.29, 1.82) is 0 Å². The van der Waals surface area contributed by atoms with Gasteiger partial charge in [-0.1, -0.05) is 72.8 Å². The Morgan fingerprint density at radius 3 is 1.74 bits per heavy atom. The molecule has 5 nitrogen and oxygen atoms in total. The minimum absolute atomic E-state index is 0.0709. The fourth-order valence-corrected chi connectivity index (χ4v) is 8.64. The Kier molecular flexibility index (Phi) is 5.98. The largest absolute Gasteiger partial charge is 0.460 e. The van der Waals surface area contributed by atoms with Crippen LogP contribution in [0.15, 0.2) is 164 Å². The number of pyridine rings is 1. The summed E-state index contributed by atoms with van der Waals surface area (Å²) in [6.45, 7) is 0. The summed E-state index contributed by atoms with van der Waals surface area (Å²) in [7, 11) is 0. The standard InChI is InChI=1S/C49H29NO4/c51-49-36-18-13-28(30-15-20-46-39(25-30)33-7-1-4-10-43(33)52-46)23-37(36)38-24-29(31-16-21-47-40(26-31)34-8-2-5-11-44(34)53-47)14-19-42(38)50(49)32-17-22-48-41(27-32)35-9-3-6-12-45(35)54-48/h1-4,6-10,12-27H,5,11H2. The van der Waals surface area contributed by atoms with Gasteiger partial charge in [0, 0.05) is 49.7 Å². The van der Waals surface area contributed by atoms with Crippen molar-refractivity contribution in [2.24, 2.45) is 0 Å². The van der Waals surface area contributed by atoms with Crippen molar-refractivity contribution >= 4 is 82.6 Å². The lowest BCUT2D eigenvalue weighted by atomic mass is 9.95. The minimum atomic E-state index is -0.0709. The maximum Gasteiger partial charge on any atom is 0.263 e. The smallest absolute Gasteiger partial charge is 0.263 e. The zero-order valence-electron chi connectivity index (χ0n) is 28.9. The molecule has 0 bridgehead atoms. The van der Waals surface area contributed by atoms with Crippen LogP contribution in [0, 0.1) is 0 Å². The van der Waals surface area contributed by atoms with Crippen LogP contribution in [0.1, 0.15) is 17.7 Å². The Morgan fingerprint density at radius 2 is 1.00 bits per heavy atom. The molecule has 0 saturated carbocycles. The summed E-state index contributed by atoms with van der Waals surface area (Å²) >= 11 is 0. The van der Waals surface area contributed by atoms with Gasteiger partial charge in [0.15, 0.2) is 0 Å². The monoisotopic (exact) mass is 695 g/mol. The van der Waals surface area contributed by atoms with Gasteiger partial charge in [0.25, 0.3) is 5.56 Å². The summed E-state index contributed by atoms with van der Waals surface area (Å²) in [6, 6.07) is 47.6. The van der Waals surface area contributed by atoms with Crippen molar-refractivity contribution in [3.63, 3.8) is 0 Å². The van der Waals surface area contributed by atoms with Gasteiger partial charge in [-0.25, -0.2) is 0 Å². The van der Waals surface area contributed by atoms with Crippen molar-refractivity contribution in [2.75, 3.05) is 0 Å². The summed E-state index contributed by atoms with van der Waals surface area (Å²) < 4.78 is 20.4. The van der Waals surface area contributed by atoms with Crippen molar-refractivity contribution in [3.05, 3.63) is 167 Å². The molecule has 0 radical (unpaired) electrons. The number of furan rings is 3. The quantitative estimate of drug-likeness (QED) is 0.173. The van der Waals surface area contributed by atoms with Gasteiger partial charge >= 0.3 is 0 Å². The molecule has 1 aliphatic rings. The molecule has 54 heavy (non-hydrogen) atoms. The molecule has 0 unspecified atom stereocenters. The fourth-order valence-electron chi connectivity index (χ4n) is 8.64. The first-order valence-corrected chi connectivity index (χ1v) is 18.3. The Hall–Kier alpha value is -7.11. The highest BCUT2D eigenvalue weighted by molar-refractivity contribution is 6.11. The van der Waals surface area contributed by atoms with Crippen molar-refractivity contribution < 1.29 is 13.3 Å². The lowest BCUT2D eigenvalue weighted by Gasteiger charge is -2.16. The normalized spacial score (nSPS) is 13.0. The van der Waals surface area contributed by atoms with Gasteiger partial charge in [-0.15, -0.1) is 0 Å². The zero-order chi connectivity index (χ0) is 35.5. The van der Waals surface area contributed by atoms with E-state index >= 15 is 0 Å². The molecule has 0 aliphatic heterocycles. The summed E-state index contributed by atoms with van der Waals surface area (Å²) in [5, 5.41) is 7.82. The first-order chi connectivity index (χ1) is 26.6. The van der Waals surface area contributed by atoms with E-state index in [-0.39, 0.29) is 5.56 Å². The van der Waals surface area contributed by atoms with E-state index < -0.39 is 0 Å². The van der Waals surface area contributed by atoms with E-state index in [4.69, 9.17) is 13.3 Å². The van der Waals surface area contributed by atoms with E-state index in [1.165, 1.54) is 5.56 Å². The van der Waals surface area contributed by atoms with Crippen LogP contribution in [-0.4, -0.2) is 4.57 Å². The van der Waals surface area contributed by atoms with Gasteiger partial charge in [0.05, 0.1) is 11.2 Å². The van der Waals surface area contributed by atoms with Gasteiger partial charge in [0.2, 0.25) is 0 Å². The number of hydrogen-bond acceptors (Lipinski definition) is 4. The molecule has 0 N–H and O–H groups in total. The number of para-hydroxylation sites is 2. The average molecular weight is 696 g/mol. The minimum Gasteiger partial charge on any atom is -0.460 e. The zero-order valence-corrected chi connectivity index (χ0v) is 28.9. The van der Waals surface area contributed by atoms with Gasteiger partial charge in [-0.05, 0) is 113 Å². The number of benzene rings is 7. The molecule has 5 heteroatoms. The average Bonchev–Trinajstić information content (AvgIpc) is 3.91. The van der Waals surface area contributed by atoms with Crippen LogP contribution in [0.4, 0.5) is 0 Å². The summed E-state index contributed by atoms with van der Waals surface area (Å²) in [5.74, 6) is 1.05. The number of aryl methyl sites for hydroxylation is 1. The van der Waals surface area contributed by atoms with Crippen LogP contribution in [0.25, 0.3) is 111 Å². The summed E-state index contributed by atoms with van der Waals surface area (Å²) in [6.07, 6.45) is 6.32. The van der Waals surface area contributed by atoms with E-state index in [0.29, 0.717) is 5.39 Å². The highest BCUT2D eigenvalue weighted by Gasteiger charge is 2.19. The second-order valence-electron chi connectivity index (χ2n) is 14.3. The molecule has 0 fully saturated rings. The number of fused-ring (bicyclic) bond motifs is 12. The Labute approximate surface area is 307 Å². The van der Waals surface area contributed by atoms with Crippen LogP contribution in [-0.2, 0) is 6.42 Å². The fraction of sp³-hybridized carbons (Fsp3) is 0.0408. The molecule has 0 atom stereocenters. The van der Waals surface area contributed by atoms with E-state index in [0.717, 1.165) is 118 Å². The van der Waals surface area contributed by atoms with Crippen LogP contribution >= 0.6 is 0 Å². The lowest BCUT2D eigenvalue weighted by Crippen LogP contribution is -2.19. The first kappa shape index (κ1) is 29.5. The van der Waals surface area contributed by atoms with E-state index in [2.05, 4.69) is 91.0 Å². The van der Waals surface area contributed by atoms with E-state index in [1.807, 2.05) is 65.2 Å². The topological polar surface area (TPSA) is 61.4 Å². The van der Waals surface area contributed by atoms with Crippen molar-refractivity contribution in [3.8, 4) is 27.9 Å². The SMILES string of the molecule is O=c1c2ccc(-c3ccc4oc5ccccc5c4c3)cc2c2cc(-c3ccc4oc5c(c4c3)C=CCC5)ccc2n1-c1ccc2oc3ccccc3c2c1. The number of rotatable bonds is 3. The molecule has 1 aliphatic carbocycles. The highest BCUT2D eigenvalue weighted by atomic mass is 16.3. The van der Waals surface area contributed by atoms with Gasteiger partial charge in [-0.3, -0.25) is 9.36 Å². The van der Waals surface area contributed by atoms with E-state index in [9.17, 15) is 4.79 Å². The van der Waals surface area contributed by atoms with Gasteiger partial charge in [0.1, 0.15) is 33.7 Å². The summed E-state index contributed by atoms with van der Waals surface area (Å²) in [4.78, 5) is 14.7. The number of hydrogen-bond donors (Lipinski definition) is 0. The molecule has 0 spiro atoms. The van der Waals surface area contributed by atoms with Crippen LogP contribution in [0.2, 0.25) is 0 Å². The molecule has 12 rings (SSSR count). The molecule has 4 heterocycles. The second kappa shape index (κ2) is 11.0. The molecule has 0 saturated heterocycles. The van der Waals surface area contributed by atoms with Gasteiger partial charge < -0.3 is 13.3 Å². The number of nitrogens with zero attached hydrogens (tertiary/aromatic N) is 1. The lowest BCUT2D eigenvalue weighted by molar-refractivity contribution is 0.546. The molecule has 4 aromatic heterocycles. The first-order valence-electron chi connectivity index (χ1n) is 18.3. The third-order valence-electron chi connectivity index (χ3n) is 11.3. The van der Waals surface area contributed by atoms with Crippen LogP contribution in [0.3, 0.4) is 0 Å².